The fourth-order valence-corrected chi connectivity index (χ4v) is 4.53. The number of rotatable bonds is 5. The molecule has 1 aromatic carbocycles. The number of hydrogen-bond donors (Lipinski definition) is 3. The molecule has 1 aliphatic heterocycles. The standard InChI is InChI=1S/C21H22F3N5OS/c22-21(23,24)16-6-5-15-17(25)18(31-20(15)28-16)19(30)27-8-7-13-1-3-14(4-2-13)29-11-9-26-10-12-29/h1-6,26H,7-12,25H2,(H,27,30). The number of alkyl halides is 3. The SMILES string of the molecule is Nc1c(C(=O)NCCc2ccc(N3CCNCC3)cc2)sc2nc(C(F)(F)F)ccc12. The number of aromatic nitrogens is 1. The molecule has 3 aromatic rings. The van der Waals surface area contributed by atoms with Crippen molar-refractivity contribution < 1.29 is 18.0 Å². The van der Waals surface area contributed by atoms with E-state index in [-0.39, 0.29) is 15.4 Å². The van der Waals surface area contributed by atoms with E-state index in [4.69, 9.17) is 5.73 Å². The Hall–Kier alpha value is -2.85. The highest BCUT2D eigenvalue weighted by Crippen LogP contribution is 2.35. The Kier molecular flexibility index (Phi) is 6.01. The van der Waals surface area contributed by atoms with E-state index < -0.39 is 17.8 Å². The van der Waals surface area contributed by atoms with Crippen molar-refractivity contribution in [3.63, 3.8) is 0 Å². The number of amides is 1. The number of benzene rings is 1. The molecule has 2 aromatic heterocycles. The molecule has 0 spiro atoms. The third-order valence-corrected chi connectivity index (χ3v) is 6.32. The minimum absolute atomic E-state index is 0.0981. The molecule has 0 atom stereocenters. The Bertz CT molecular complexity index is 1080. The lowest BCUT2D eigenvalue weighted by Crippen LogP contribution is -2.43. The molecule has 0 bridgehead atoms. The summed E-state index contributed by atoms with van der Waals surface area (Å²) in [6, 6.07) is 10.4. The number of anilines is 2. The van der Waals surface area contributed by atoms with E-state index in [9.17, 15) is 18.0 Å². The number of carbonyl (C=O) groups excluding carboxylic acids is 1. The van der Waals surface area contributed by atoms with E-state index >= 15 is 0 Å². The van der Waals surface area contributed by atoms with Crippen molar-refractivity contribution in [2.75, 3.05) is 43.4 Å². The smallest absolute Gasteiger partial charge is 0.397 e. The number of nitrogen functional groups attached to an aromatic ring is 1. The van der Waals surface area contributed by atoms with E-state index in [2.05, 4.69) is 32.7 Å². The van der Waals surface area contributed by atoms with Gasteiger partial charge in [-0.15, -0.1) is 11.3 Å². The van der Waals surface area contributed by atoms with Crippen LogP contribution in [0.2, 0.25) is 0 Å². The van der Waals surface area contributed by atoms with Gasteiger partial charge in [-0.3, -0.25) is 4.79 Å². The molecule has 3 heterocycles. The summed E-state index contributed by atoms with van der Waals surface area (Å²) in [7, 11) is 0. The fraction of sp³-hybridized carbons (Fsp3) is 0.333. The van der Waals surface area contributed by atoms with Crippen LogP contribution in [0.25, 0.3) is 10.2 Å². The van der Waals surface area contributed by atoms with E-state index in [1.165, 1.54) is 11.8 Å². The lowest BCUT2D eigenvalue weighted by molar-refractivity contribution is -0.140. The summed E-state index contributed by atoms with van der Waals surface area (Å²) >= 11 is 0.868. The molecule has 1 fully saturated rings. The van der Waals surface area contributed by atoms with Crippen LogP contribution < -0.4 is 21.3 Å². The number of carbonyl (C=O) groups is 1. The molecular formula is C21H22F3N5OS. The second-order valence-electron chi connectivity index (χ2n) is 7.30. The predicted molar refractivity (Wildman–Crippen MR) is 117 cm³/mol. The number of thiophene rings is 1. The number of fused-ring (bicyclic) bond motifs is 1. The molecule has 4 rings (SSSR count). The first kappa shape index (κ1) is 21.4. The van der Waals surface area contributed by atoms with E-state index in [0.717, 1.165) is 49.1 Å². The van der Waals surface area contributed by atoms with Crippen LogP contribution in [0.3, 0.4) is 0 Å². The molecule has 1 aliphatic rings. The normalized spacial score (nSPS) is 14.7. The third-order valence-electron chi connectivity index (χ3n) is 5.21. The maximum atomic E-state index is 12.9. The van der Waals surface area contributed by atoms with Crippen LogP contribution in [0.5, 0.6) is 0 Å². The molecule has 0 saturated carbocycles. The molecule has 10 heteroatoms. The highest BCUT2D eigenvalue weighted by atomic mass is 32.1. The number of nitrogens with zero attached hydrogens (tertiary/aromatic N) is 2. The van der Waals surface area contributed by atoms with Gasteiger partial charge in [-0.25, -0.2) is 4.98 Å². The quantitative estimate of drug-likeness (QED) is 0.557. The van der Waals surface area contributed by atoms with Gasteiger partial charge < -0.3 is 21.3 Å². The second kappa shape index (κ2) is 8.72. The zero-order chi connectivity index (χ0) is 22.0. The molecule has 0 radical (unpaired) electrons. The summed E-state index contributed by atoms with van der Waals surface area (Å²) in [5.41, 5.74) is 7.40. The van der Waals surface area contributed by atoms with Gasteiger partial charge >= 0.3 is 6.18 Å². The predicted octanol–water partition coefficient (Wildman–Crippen LogP) is 3.28. The summed E-state index contributed by atoms with van der Waals surface area (Å²) in [5, 5.41) is 6.47. The van der Waals surface area contributed by atoms with Crippen molar-refractivity contribution in [3.05, 3.63) is 52.5 Å². The van der Waals surface area contributed by atoms with Gasteiger partial charge in [-0.2, -0.15) is 13.2 Å². The second-order valence-corrected chi connectivity index (χ2v) is 8.30. The maximum absolute atomic E-state index is 12.9. The highest BCUT2D eigenvalue weighted by molar-refractivity contribution is 7.21. The minimum Gasteiger partial charge on any atom is -0.397 e. The zero-order valence-electron chi connectivity index (χ0n) is 16.6. The molecule has 1 amide bonds. The van der Waals surface area contributed by atoms with Gasteiger partial charge in [0.2, 0.25) is 0 Å². The van der Waals surface area contributed by atoms with Crippen molar-refractivity contribution in [1.29, 1.82) is 0 Å². The Balaban J connectivity index is 1.37. The molecule has 0 aliphatic carbocycles. The van der Waals surface area contributed by atoms with Gasteiger partial charge in [0.1, 0.15) is 15.4 Å². The van der Waals surface area contributed by atoms with Crippen molar-refractivity contribution >= 4 is 38.8 Å². The number of nitrogens with two attached hydrogens (primary N) is 1. The van der Waals surface area contributed by atoms with Gasteiger partial charge in [0.25, 0.3) is 5.91 Å². The molecule has 6 nitrogen and oxygen atoms in total. The van der Waals surface area contributed by atoms with Gasteiger partial charge in [0.15, 0.2) is 0 Å². The van der Waals surface area contributed by atoms with Crippen LogP contribution >= 0.6 is 11.3 Å². The van der Waals surface area contributed by atoms with Gasteiger partial charge in [0, 0.05) is 43.8 Å². The summed E-state index contributed by atoms with van der Waals surface area (Å²) in [6.45, 7) is 4.29. The average molecular weight is 450 g/mol. The highest BCUT2D eigenvalue weighted by Gasteiger charge is 2.33. The van der Waals surface area contributed by atoms with Gasteiger partial charge in [0.05, 0.1) is 5.69 Å². The van der Waals surface area contributed by atoms with E-state index in [1.807, 2.05) is 12.1 Å². The van der Waals surface area contributed by atoms with Crippen LogP contribution in [-0.4, -0.2) is 43.6 Å². The summed E-state index contributed by atoms with van der Waals surface area (Å²) in [6.07, 6.45) is -3.91. The molecule has 31 heavy (non-hydrogen) atoms. The Morgan fingerprint density at radius 1 is 1.16 bits per heavy atom. The largest absolute Gasteiger partial charge is 0.433 e. The van der Waals surface area contributed by atoms with Crippen LogP contribution in [0.1, 0.15) is 20.9 Å². The number of pyridine rings is 1. The first-order valence-electron chi connectivity index (χ1n) is 9.92. The van der Waals surface area contributed by atoms with Crippen molar-refractivity contribution in [3.8, 4) is 0 Å². The van der Waals surface area contributed by atoms with E-state index in [0.29, 0.717) is 18.4 Å². The van der Waals surface area contributed by atoms with Gasteiger partial charge in [-0.05, 0) is 36.2 Å². The molecule has 4 N–H and O–H groups in total. The number of nitrogens with one attached hydrogen (secondary N) is 2. The minimum atomic E-state index is -4.55. The lowest BCUT2D eigenvalue weighted by Gasteiger charge is -2.29. The summed E-state index contributed by atoms with van der Waals surface area (Å²) < 4.78 is 38.6. The molecular weight excluding hydrogens is 427 g/mol. The van der Waals surface area contributed by atoms with Crippen LogP contribution in [-0.2, 0) is 12.6 Å². The first-order valence-corrected chi connectivity index (χ1v) is 10.7. The first-order chi connectivity index (χ1) is 14.8. The molecule has 1 saturated heterocycles. The Labute approximate surface area is 181 Å². The Morgan fingerprint density at radius 3 is 2.55 bits per heavy atom. The zero-order valence-corrected chi connectivity index (χ0v) is 17.4. The lowest BCUT2D eigenvalue weighted by atomic mass is 10.1. The van der Waals surface area contributed by atoms with Crippen LogP contribution in [0.15, 0.2) is 36.4 Å². The van der Waals surface area contributed by atoms with Crippen molar-refractivity contribution in [1.82, 2.24) is 15.6 Å². The van der Waals surface area contributed by atoms with Gasteiger partial charge in [-0.1, -0.05) is 12.1 Å². The topological polar surface area (TPSA) is 83.3 Å². The molecule has 0 unspecified atom stereocenters. The Morgan fingerprint density at radius 2 is 1.87 bits per heavy atom. The van der Waals surface area contributed by atoms with Crippen LogP contribution in [0, 0.1) is 0 Å². The summed E-state index contributed by atoms with van der Waals surface area (Å²) in [5.74, 6) is -0.411. The van der Waals surface area contributed by atoms with Crippen LogP contribution in [0.4, 0.5) is 24.5 Å². The third kappa shape index (κ3) is 4.75. The maximum Gasteiger partial charge on any atom is 0.433 e. The molecule has 164 valence electrons. The van der Waals surface area contributed by atoms with E-state index in [1.54, 1.807) is 0 Å². The number of halogens is 3. The number of piperazine rings is 1. The monoisotopic (exact) mass is 449 g/mol. The summed E-state index contributed by atoms with van der Waals surface area (Å²) in [4.78, 5) is 18.7. The number of hydrogen-bond acceptors (Lipinski definition) is 6. The van der Waals surface area contributed by atoms with Crippen molar-refractivity contribution in [2.45, 2.75) is 12.6 Å². The average Bonchev–Trinajstić information content (AvgIpc) is 3.10. The van der Waals surface area contributed by atoms with Crippen molar-refractivity contribution in [2.24, 2.45) is 0 Å². The fourth-order valence-electron chi connectivity index (χ4n) is 3.52.